The molecule has 0 saturated carbocycles. The van der Waals surface area contributed by atoms with Crippen LogP contribution in [0.1, 0.15) is 31.6 Å². The monoisotopic (exact) mass is 210 g/mol. The van der Waals surface area contributed by atoms with E-state index < -0.39 is 0 Å². The summed E-state index contributed by atoms with van der Waals surface area (Å²) in [6.45, 7) is 3.68. The van der Waals surface area contributed by atoms with Gasteiger partial charge in [0.1, 0.15) is 11.8 Å². The Morgan fingerprint density at radius 3 is 2.87 bits per heavy atom. The molecule has 2 atom stereocenters. The second-order valence-electron chi connectivity index (χ2n) is 4.00. The van der Waals surface area contributed by atoms with Gasteiger partial charge in [0.15, 0.2) is 0 Å². The molecule has 2 N–H and O–H groups in total. The van der Waals surface area contributed by atoms with Crippen LogP contribution in [0.25, 0.3) is 0 Å². The third-order valence-electron chi connectivity index (χ3n) is 2.67. The lowest BCUT2D eigenvalue weighted by Gasteiger charge is -2.34. The number of nitrogens with two attached hydrogens (primary N) is 1. The van der Waals surface area contributed by atoms with E-state index in [1.165, 1.54) is 0 Å². The summed E-state index contributed by atoms with van der Waals surface area (Å²) in [5.74, 6) is 0.881. The normalized spacial score (nSPS) is 22.5. The molecule has 0 aromatic carbocycles. The lowest BCUT2D eigenvalue weighted by atomic mass is 10.1. The number of rotatable bonds is 3. The van der Waals surface area contributed by atoms with Crippen LogP contribution < -0.4 is 5.73 Å². The molecule has 0 amide bonds. The van der Waals surface area contributed by atoms with Gasteiger partial charge in [-0.05, 0) is 31.9 Å². The molecule has 15 heavy (non-hydrogen) atoms. The van der Waals surface area contributed by atoms with Gasteiger partial charge in [-0.25, -0.2) is 0 Å². The SMILES string of the molecule is CC(N)C(c1ccco1)N1CCCCO1. The number of nitrogens with zero attached hydrogens (tertiary/aromatic N) is 1. The number of hydroxylamine groups is 2. The first-order chi connectivity index (χ1) is 7.29. The van der Waals surface area contributed by atoms with Gasteiger partial charge in [0.25, 0.3) is 0 Å². The van der Waals surface area contributed by atoms with Gasteiger partial charge in [-0.1, -0.05) is 0 Å². The first-order valence-corrected chi connectivity index (χ1v) is 5.47. The summed E-state index contributed by atoms with van der Waals surface area (Å²) in [6.07, 6.45) is 3.96. The average molecular weight is 210 g/mol. The first-order valence-electron chi connectivity index (χ1n) is 5.47. The van der Waals surface area contributed by atoms with Gasteiger partial charge in [-0.15, -0.1) is 0 Å². The third-order valence-corrected chi connectivity index (χ3v) is 2.67. The Labute approximate surface area is 89.9 Å². The van der Waals surface area contributed by atoms with Crippen molar-refractivity contribution < 1.29 is 9.25 Å². The topological polar surface area (TPSA) is 51.6 Å². The van der Waals surface area contributed by atoms with Gasteiger partial charge in [-0.3, -0.25) is 4.84 Å². The van der Waals surface area contributed by atoms with E-state index in [2.05, 4.69) is 0 Å². The zero-order chi connectivity index (χ0) is 10.7. The maximum Gasteiger partial charge on any atom is 0.124 e. The van der Waals surface area contributed by atoms with Crippen molar-refractivity contribution in [3.05, 3.63) is 24.2 Å². The minimum Gasteiger partial charge on any atom is -0.468 e. The van der Waals surface area contributed by atoms with Gasteiger partial charge < -0.3 is 10.2 Å². The summed E-state index contributed by atoms with van der Waals surface area (Å²) in [4.78, 5) is 5.62. The molecule has 0 bridgehead atoms. The molecule has 1 aliphatic heterocycles. The summed E-state index contributed by atoms with van der Waals surface area (Å²) in [5, 5.41) is 1.95. The Bertz CT molecular complexity index is 279. The molecule has 1 fully saturated rings. The van der Waals surface area contributed by atoms with Crippen LogP contribution in [0.3, 0.4) is 0 Å². The van der Waals surface area contributed by atoms with Crippen molar-refractivity contribution in [1.82, 2.24) is 5.06 Å². The van der Waals surface area contributed by atoms with Gasteiger partial charge in [-0.2, -0.15) is 5.06 Å². The lowest BCUT2D eigenvalue weighted by Crippen LogP contribution is -2.41. The Kier molecular flexibility index (Phi) is 3.41. The Balaban J connectivity index is 2.12. The number of hydrogen-bond acceptors (Lipinski definition) is 4. The highest BCUT2D eigenvalue weighted by atomic mass is 16.7. The van der Waals surface area contributed by atoms with Crippen molar-refractivity contribution in [1.29, 1.82) is 0 Å². The van der Waals surface area contributed by atoms with E-state index >= 15 is 0 Å². The predicted molar refractivity (Wildman–Crippen MR) is 57.0 cm³/mol. The average Bonchev–Trinajstić information content (AvgIpc) is 2.72. The van der Waals surface area contributed by atoms with Gasteiger partial charge in [0.2, 0.25) is 0 Å². The molecule has 1 aromatic rings. The fourth-order valence-electron chi connectivity index (χ4n) is 1.96. The van der Waals surface area contributed by atoms with Gasteiger partial charge in [0.05, 0.1) is 12.9 Å². The highest BCUT2D eigenvalue weighted by molar-refractivity contribution is 5.06. The molecule has 2 rings (SSSR count). The van der Waals surface area contributed by atoms with Crippen molar-refractivity contribution in [2.45, 2.75) is 31.8 Å². The van der Waals surface area contributed by atoms with E-state index in [1.54, 1.807) is 6.26 Å². The number of furan rings is 1. The van der Waals surface area contributed by atoms with Crippen molar-refractivity contribution in [2.24, 2.45) is 5.73 Å². The second kappa shape index (κ2) is 4.79. The molecule has 1 aliphatic rings. The van der Waals surface area contributed by atoms with E-state index in [1.807, 2.05) is 24.1 Å². The highest BCUT2D eigenvalue weighted by Crippen LogP contribution is 2.26. The molecular formula is C11H18N2O2. The molecular weight excluding hydrogens is 192 g/mol. The van der Waals surface area contributed by atoms with Crippen LogP contribution in [0.2, 0.25) is 0 Å². The van der Waals surface area contributed by atoms with E-state index in [0.717, 1.165) is 31.8 Å². The third kappa shape index (κ3) is 2.40. The van der Waals surface area contributed by atoms with Crippen LogP contribution in [0.4, 0.5) is 0 Å². The standard InChI is InChI=1S/C11H18N2O2/c1-9(12)11(10-5-4-7-14-10)13-6-2-3-8-15-13/h4-5,7,9,11H,2-3,6,8,12H2,1H3. The summed E-state index contributed by atoms with van der Waals surface area (Å²) < 4.78 is 5.41. The summed E-state index contributed by atoms with van der Waals surface area (Å²) in [6, 6.07) is 3.86. The fourth-order valence-corrected chi connectivity index (χ4v) is 1.96. The lowest BCUT2D eigenvalue weighted by molar-refractivity contribution is -0.214. The second-order valence-corrected chi connectivity index (χ2v) is 4.00. The van der Waals surface area contributed by atoms with Crippen molar-refractivity contribution in [3.63, 3.8) is 0 Å². The first kappa shape index (κ1) is 10.7. The zero-order valence-corrected chi connectivity index (χ0v) is 9.06. The Morgan fingerprint density at radius 1 is 1.47 bits per heavy atom. The molecule has 0 radical (unpaired) electrons. The molecule has 2 heterocycles. The fraction of sp³-hybridized carbons (Fsp3) is 0.636. The quantitative estimate of drug-likeness (QED) is 0.825. The summed E-state index contributed by atoms with van der Waals surface area (Å²) >= 11 is 0. The largest absolute Gasteiger partial charge is 0.468 e. The van der Waals surface area contributed by atoms with Crippen molar-refractivity contribution in [3.8, 4) is 0 Å². The highest BCUT2D eigenvalue weighted by Gasteiger charge is 2.28. The van der Waals surface area contributed by atoms with E-state index in [9.17, 15) is 0 Å². The maximum atomic E-state index is 5.98. The van der Waals surface area contributed by atoms with E-state index in [-0.39, 0.29) is 12.1 Å². The molecule has 1 saturated heterocycles. The van der Waals surface area contributed by atoms with Crippen molar-refractivity contribution in [2.75, 3.05) is 13.2 Å². The van der Waals surface area contributed by atoms with Crippen LogP contribution in [-0.4, -0.2) is 24.3 Å². The molecule has 0 aliphatic carbocycles. The molecule has 84 valence electrons. The molecule has 2 unspecified atom stereocenters. The predicted octanol–water partition coefficient (Wildman–Crippen LogP) is 1.70. The van der Waals surface area contributed by atoms with E-state index in [0.29, 0.717) is 0 Å². The van der Waals surface area contributed by atoms with Gasteiger partial charge >= 0.3 is 0 Å². The van der Waals surface area contributed by atoms with E-state index in [4.69, 9.17) is 15.0 Å². The smallest absolute Gasteiger partial charge is 0.124 e. The summed E-state index contributed by atoms with van der Waals surface area (Å²) in [5.41, 5.74) is 5.98. The minimum atomic E-state index is -0.00532. The maximum absolute atomic E-state index is 5.98. The summed E-state index contributed by atoms with van der Waals surface area (Å²) in [7, 11) is 0. The molecule has 4 nitrogen and oxygen atoms in total. The Morgan fingerprint density at radius 2 is 2.33 bits per heavy atom. The van der Waals surface area contributed by atoms with Crippen LogP contribution in [0, 0.1) is 0 Å². The Hall–Kier alpha value is -0.840. The minimum absolute atomic E-state index is 0.00532. The van der Waals surface area contributed by atoms with Gasteiger partial charge in [0, 0.05) is 12.6 Å². The van der Waals surface area contributed by atoms with Crippen LogP contribution >= 0.6 is 0 Å². The molecule has 4 heteroatoms. The van der Waals surface area contributed by atoms with Crippen LogP contribution in [-0.2, 0) is 4.84 Å². The van der Waals surface area contributed by atoms with Crippen LogP contribution in [0.5, 0.6) is 0 Å². The molecule has 0 spiro atoms. The van der Waals surface area contributed by atoms with Crippen LogP contribution in [0.15, 0.2) is 22.8 Å². The van der Waals surface area contributed by atoms with Crippen molar-refractivity contribution >= 4 is 0 Å². The number of hydrogen-bond donors (Lipinski definition) is 1. The zero-order valence-electron chi connectivity index (χ0n) is 9.06. The molecule has 1 aromatic heterocycles.